The highest BCUT2D eigenvalue weighted by atomic mass is 31.2. The van der Waals surface area contributed by atoms with Crippen molar-refractivity contribution in [3.63, 3.8) is 0 Å². The van der Waals surface area contributed by atoms with Gasteiger partial charge in [0.2, 0.25) is 0 Å². The van der Waals surface area contributed by atoms with Gasteiger partial charge < -0.3 is 13.9 Å². The van der Waals surface area contributed by atoms with Crippen LogP contribution in [0, 0.1) is 0 Å². The van der Waals surface area contributed by atoms with Crippen LogP contribution in [0.1, 0.15) is 72.3 Å². The zero-order valence-corrected chi connectivity index (χ0v) is 23.5. The number of rotatable bonds is 19. The molecule has 0 fully saturated rings. The van der Waals surface area contributed by atoms with Gasteiger partial charge >= 0.3 is 7.60 Å². The van der Waals surface area contributed by atoms with Gasteiger partial charge in [-0.05, 0) is 69.4 Å². The second-order valence-corrected chi connectivity index (χ2v) is 10.5. The van der Waals surface area contributed by atoms with Gasteiger partial charge in [-0.25, -0.2) is 0 Å². The molecule has 0 amide bonds. The fourth-order valence-electron chi connectivity index (χ4n) is 3.54. The summed E-state index contributed by atoms with van der Waals surface area (Å²) >= 11 is 0. The molecule has 1 rings (SSSR count). The summed E-state index contributed by atoms with van der Waals surface area (Å²) in [7, 11) is -2.98. The number of hydrogen-bond donors (Lipinski definition) is 0. The lowest BCUT2D eigenvalue weighted by molar-refractivity contribution is 0.220. The first-order valence-corrected chi connectivity index (χ1v) is 15.0. The molecule has 0 aliphatic heterocycles. The predicted octanol–water partition coefficient (Wildman–Crippen LogP) is 8.34. The van der Waals surface area contributed by atoms with Crippen molar-refractivity contribution in [2.24, 2.45) is 4.99 Å². The monoisotopic (exact) mass is 502 g/mol. The first kappa shape index (κ1) is 31.1. The fourth-order valence-corrected chi connectivity index (χ4v) is 5.19. The van der Waals surface area contributed by atoms with E-state index < -0.39 is 7.60 Å². The molecule has 0 saturated carbocycles. The molecule has 0 saturated heterocycles. The lowest BCUT2D eigenvalue weighted by Crippen LogP contribution is -2.25. The number of nitrogens with zero attached hydrogens (tertiary/aromatic N) is 2. The molecule has 1 aromatic rings. The van der Waals surface area contributed by atoms with Crippen molar-refractivity contribution in [2.45, 2.75) is 66.7 Å². The minimum atomic E-state index is -2.98. The van der Waals surface area contributed by atoms with E-state index in [1.165, 1.54) is 36.9 Å². The second kappa shape index (κ2) is 19.3. The number of allylic oxidation sites excluding steroid dienone is 5. The highest BCUT2D eigenvalue weighted by molar-refractivity contribution is 7.53. The average molecular weight is 503 g/mol. The number of unbranched alkanes of at least 4 members (excludes halogenated alkanes) is 2. The van der Waals surface area contributed by atoms with Crippen molar-refractivity contribution in [2.75, 3.05) is 43.9 Å². The van der Waals surface area contributed by atoms with Gasteiger partial charge in [-0.15, -0.1) is 0 Å². The predicted molar refractivity (Wildman–Crippen MR) is 154 cm³/mol. The molecule has 0 aliphatic carbocycles. The standard InChI is InChI=1S/C29H47N2O3P/c1-6-11-24-31(25-12-7-2)29-19-17-28(18-20-29)16-15-27(14-8-3)21-23-30-22-13-26-35(32,33-9-4)34-10-5/h8,14-21,23H,6-7,9-13,22,24-26H2,1-5H3/b14-8-,16-15?,27-21+,30-23?. The Labute approximate surface area is 214 Å². The summed E-state index contributed by atoms with van der Waals surface area (Å²) in [4.78, 5) is 6.95. The van der Waals surface area contributed by atoms with E-state index in [1.54, 1.807) is 0 Å². The molecule has 0 bridgehead atoms. The van der Waals surface area contributed by atoms with Gasteiger partial charge in [-0.1, -0.05) is 63.1 Å². The van der Waals surface area contributed by atoms with Gasteiger partial charge in [0, 0.05) is 31.5 Å². The minimum absolute atomic E-state index is 0.390. The van der Waals surface area contributed by atoms with Crippen LogP contribution in [0.3, 0.4) is 0 Å². The van der Waals surface area contributed by atoms with Crippen molar-refractivity contribution < 1.29 is 13.6 Å². The van der Waals surface area contributed by atoms with E-state index >= 15 is 0 Å². The average Bonchev–Trinajstić information content (AvgIpc) is 2.85. The molecule has 0 unspecified atom stereocenters. The largest absolute Gasteiger partial charge is 0.372 e. The molecule has 5 nitrogen and oxygen atoms in total. The molecule has 196 valence electrons. The lowest BCUT2D eigenvalue weighted by Gasteiger charge is -2.24. The quantitative estimate of drug-likeness (QED) is 0.0826. The maximum Gasteiger partial charge on any atom is 0.330 e. The Morgan fingerprint density at radius 2 is 1.57 bits per heavy atom. The Morgan fingerprint density at radius 1 is 0.943 bits per heavy atom. The Bertz CT molecular complexity index is 826. The zero-order valence-electron chi connectivity index (χ0n) is 22.6. The van der Waals surface area contributed by atoms with Crippen LogP contribution >= 0.6 is 7.60 Å². The summed E-state index contributed by atoms with van der Waals surface area (Å²) in [5.41, 5.74) is 3.55. The highest BCUT2D eigenvalue weighted by Crippen LogP contribution is 2.48. The van der Waals surface area contributed by atoms with Gasteiger partial charge in [-0.3, -0.25) is 9.56 Å². The summed E-state index contributed by atoms with van der Waals surface area (Å²) in [6.07, 6.45) is 18.1. The van der Waals surface area contributed by atoms with Crippen molar-refractivity contribution in [1.29, 1.82) is 0 Å². The minimum Gasteiger partial charge on any atom is -0.372 e. The molecule has 0 atom stereocenters. The SMILES string of the molecule is C/C=C\C(C=Cc1ccc(N(CCCC)CCCC)cc1)=C/C=NCCCP(=O)(OCC)OCC. The van der Waals surface area contributed by atoms with Gasteiger partial charge in [0.05, 0.1) is 19.4 Å². The van der Waals surface area contributed by atoms with Crippen LogP contribution in [0.25, 0.3) is 6.08 Å². The van der Waals surface area contributed by atoms with Crippen LogP contribution in [0.4, 0.5) is 5.69 Å². The van der Waals surface area contributed by atoms with Crippen molar-refractivity contribution >= 4 is 25.6 Å². The first-order valence-electron chi connectivity index (χ1n) is 13.3. The maximum absolute atomic E-state index is 12.5. The molecule has 0 spiro atoms. The Balaban J connectivity index is 2.71. The van der Waals surface area contributed by atoms with Gasteiger partial charge in [0.15, 0.2) is 0 Å². The molecule has 0 radical (unpaired) electrons. The summed E-state index contributed by atoms with van der Waals surface area (Å²) in [6.45, 7) is 13.8. The summed E-state index contributed by atoms with van der Waals surface area (Å²) in [5, 5.41) is 0. The van der Waals surface area contributed by atoms with Gasteiger partial charge in [0.25, 0.3) is 0 Å². The van der Waals surface area contributed by atoms with Crippen LogP contribution in [0.2, 0.25) is 0 Å². The van der Waals surface area contributed by atoms with Crippen LogP contribution in [-0.4, -0.2) is 45.2 Å². The normalized spacial score (nSPS) is 13.0. The molecule has 0 aliphatic rings. The lowest BCUT2D eigenvalue weighted by atomic mass is 10.1. The molecule has 0 N–H and O–H groups in total. The summed E-state index contributed by atoms with van der Waals surface area (Å²) in [5.74, 6) is 0. The first-order chi connectivity index (χ1) is 17.0. The van der Waals surface area contributed by atoms with Crippen molar-refractivity contribution in [3.8, 4) is 0 Å². The third-order valence-electron chi connectivity index (χ3n) is 5.39. The third kappa shape index (κ3) is 13.7. The molecule has 6 heteroatoms. The molecular formula is C29H47N2O3P. The molecule has 0 aromatic heterocycles. The maximum atomic E-state index is 12.5. The van der Waals surface area contributed by atoms with E-state index in [4.69, 9.17) is 9.05 Å². The topological polar surface area (TPSA) is 51.1 Å². The highest BCUT2D eigenvalue weighted by Gasteiger charge is 2.22. The van der Waals surface area contributed by atoms with E-state index in [-0.39, 0.29) is 0 Å². The fraction of sp³-hybridized carbons (Fsp3) is 0.552. The summed E-state index contributed by atoms with van der Waals surface area (Å²) in [6, 6.07) is 8.84. The van der Waals surface area contributed by atoms with Crippen LogP contribution in [-0.2, 0) is 13.6 Å². The second-order valence-electron chi connectivity index (χ2n) is 8.36. The smallest absolute Gasteiger partial charge is 0.330 e. The number of aliphatic imine (C=N–C) groups is 1. The Morgan fingerprint density at radius 3 is 2.11 bits per heavy atom. The molecule has 0 heterocycles. The van der Waals surface area contributed by atoms with E-state index in [0.29, 0.717) is 32.3 Å². The Kier molecular flexibility index (Phi) is 17.1. The zero-order chi connectivity index (χ0) is 25.8. The third-order valence-corrected chi connectivity index (χ3v) is 7.56. The number of benzene rings is 1. The Hall–Kier alpha value is -1.94. The molecular weight excluding hydrogens is 455 g/mol. The van der Waals surface area contributed by atoms with Crippen molar-refractivity contribution in [3.05, 3.63) is 59.7 Å². The van der Waals surface area contributed by atoms with Crippen molar-refractivity contribution in [1.82, 2.24) is 0 Å². The van der Waals surface area contributed by atoms with Crippen LogP contribution < -0.4 is 4.90 Å². The van der Waals surface area contributed by atoms with Crippen LogP contribution in [0.5, 0.6) is 0 Å². The van der Waals surface area contributed by atoms with Gasteiger partial charge in [0.1, 0.15) is 0 Å². The van der Waals surface area contributed by atoms with Crippen LogP contribution in [0.15, 0.2) is 59.1 Å². The molecule has 35 heavy (non-hydrogen) atoms. The summed E-state index contributed by atoms with van der Waals surface area (Å²) < 4.78 is 23.1. The number of hydrogen-bond acceptors (Lipinski definition) is 5. The van der Waals surface area contributed by atoms with E-state index in [2.05, 4.69) is 66.2 Å². The van der Waals surface area contributed by atoms with E-state index in [9.17, 15) is 4.57 Å². The van der Waals surface area contributed by atoms with Gasteiger partial charge in [-0.2, -0.15) is 0 Å². The molecule has 1 aromatic carbocycles. The van der Waals surface area contributed by atoms with E-state index in [1.807, 2.05) is 39.1 Å². The van der Waals surface area contributed by atoms with E-state index in [0.717, 1.165) is 18.7 Å². The number of anilines is 1.